The number of nitrogens with zero attached hydrogens (tertiary/aromatic N) is 4. The molecular weight excluding hydrogens is 437 g/mol. The van der Waals surface area contributed by atoms with Crippen LogP contribution in [0.5, 0.6) is 0 Å². The first kappa shape index (κ1) is 20.7. The Morgan fingerprint density at radius 1 is 1.31 bits per heavy atom. The number of aliphatic imine (C=N–C) groups is 1. The number of likely N-dealkylation sites (tertiary alicyclic amines) is 1. The SMILES string of the molecule is CN=C(NCC(C)(C)c1ccccc1)N1CCC(c2cnn(C)c2)C1.I. The predicted octanol–water partition coefficient (Wildman–Crippen LogP) is 3.38. The van der Waals surface area contributed by atoms with Crippen molar-refractivity contribution in [2.75, 3.05) is 26.7 Å². The van der Waals surface area contributed by atoms with Crippen LogP contribution < -0.4 is 5.32 Å². The molecule has 0 bridgehead atoms. The van der Waals surface area contributed by atoms with Gasteiger partial charge in [0.05, 0.1) is 6.20 Å². The lowest BCUT2D eigenvalue weighted by Crippen LogP contribution is -2.44. The Kier molecular flexibility index (Phi) is 7.08. The third-order valence-electron chi connectivity index (χ3n) is 5.14. The van der Waals surface area contributed by atoms with E-state index in [9.17, 15) is 0 Å². The smallest absolute Gasteiger partial charge is 0.193 e. The lowest BCUT2D eigenvalue weighted by atomic mass is 9.85. The number of halogens is 1. The van der Waals surface area contributed by atoms with Gasteiger partial charge in [-0.2, -0.15) is 5.10 Å². The summed E-state index contributed by atoms with van der Waals surface area (Å²) in [6, 6.07) is 10.7. The molecule has 6 heteroatoms. The van der Waals surface area contributed by atoms with Crippen LogP contribution in [0, 0.1) is 0 Å². The molecule has 0 radical (unpaired) electrons. The minimum absolute atomic E-state index is 0. The minimum Gasteiger partial charge on any atom is -0.355 e. The molecule has 1 fully saturated rings. The summed E-state index contributed by atoms with van der Waals surface area (Å²) in [5.41, 5.74) is 2.72. The van der Waals surface area contributed by atoms with Gasteiger partial charge in [0.1, 0.15) is 0 Å². The fourth-order valence-electron chi connectivity index (χ4n) is 3.50. The Morgan fingerprint density at radius 2 is 2.04 bits per heavy atom. The highest BCUT2D eigenvalue weighted by molar-refractivity contribution is 14.0. The quantitative estimate of drug-likeness (QED) is 0.426. The van der Waals surface area contributed by atoms with Gasteiger partial charge in [0, 0.05) is 51.3 Å². The Hall–Kier alpha value is -1.57. The second-order valence-corrected chi connectivity index (χ2v) is 7.53. The van der Waals surface area contributed by atoms with Crippen LogP contribution in [0.15, 0.2) is 47.7 Å². The van der Waals surface area contributed by atoms with Crippen LogP contribution in [-0.2, 0) is 12.5 Å². The molecule has 2 heterocycles. The number of guanidine groups is 1. The predicted molar refractivity (Wildman–Crippen MR) is 118 cm³/mol. The third kappa shape index (κ3) is 4.78. The van der Waals surface area contributed by atoms with E-state index in [1.807, 2.05) is 25.0 Å². The van der Waals surface area contributed by atoms with Crippen molar-refractivity contribution < 1.29 is 0 Å². The molecule has 2 aromatic rings. The second kappa shape index (κ2) is 8.88. The molecule has 5 nitrogen and oxygen atoms in total. The summed E-state index contributed by atoms with van der Waals surface area (Å²) < 4.78 is 1.88. The summed E-state index contributed by atoms with van der Waals surface area (Å²) in [5.74, 6) is 1.53. The number of hydrogen-bond donors (Lipinski definition) is 1. The van der Waals surface area contributed by atoms with Crippen molar-refractivity contribution in [1.29, 1.82) is 0 Å². The summed E-state index contributed by atoms with van der Waals surface area (Å²) in [6.45, 7) is 7.43. The Labute approximate surface area is 173 Å². The largest absolute Gasteiger partial charge is 0.355 e. The van der Waals surface area contributed by atoms with Crippen molar-refractivity contribution in [1.82, 2.24) is 20.0 Å². The molecule has 1 aromatic heterocycles. The van der Waals surface area contributed by atoms with Gasteiger partial charge < -0.3 is 10.2 Å². The molecule has 0 saturated carbocycles. The van der Waals surface area contributed by atoms with Gasteiger partial charge in [-0.1, -0.05) is 44.2 Å². The second-order valence-electron chi connectivity index (χ2n) is 7.53. The number of nitrogens with one attached hydrogen (secondary N) is 1. The van der Waals surface area contributed by atoms with Gasteiger partial charge in [-0.3, -0.25) is 9.67 Å². The fourth-order valence-corrected chi connectivity index (χ4v) is 3.50. The van der Waals surface area contributed by atoms with Gasteiger partial charge in [-0.15, -0.1) is 24.0 Å². The van der Waals surface area contributed by atoms with Gasteiger partial charge in [0.2, 0.25) is 0 Å². The average Bonchev–Trinajstić information content (AvgIpc) is 3.25. The van der Waals surface area contributed by atoms with Crippen LogP contribution in [0.3, 0.4) is 0 Å². The standard InChI is InChI=1S/C20H29N5.HI/c1-20(2,18-8-6-5-7-9-18)15-22-19(21-3)25-11-10-16(14-25)17-12-23-24(4)13-17;/h5-9,12-13,16H,10-11,14-15H2,1-4H3,(H,21,22);1H. The van der Waals surface area contributed by atoms with E-state index in [0.29, 0.717) is 5.92 Å². The molecule has 1 atom stereocenters. The van der Waals surface area contributed by atoms with E-state index in [-0.39, 0.29) is 29.4 Å². The normalized spacial score (nSPS) is 17.9. The molecule has 0 amide bonds. The third-order valence-corrected chi connectivity index (χ3v) is 5.14. The Balaban J connectivity index is 0.00000243. The number of benzene rings is 1. The van der Waals surface area contributed by atoms with E-state index in [2.05, 4.69) is 70.7 Å². The van der Waals surface area contributed by atoms with Crippen molar-refractivity contribution in [3.8, 4) is 0 Å². The summed E-state index contributed by atoms with van der Waals surface area (Å²) in [5, 5.41) is 7.89. The molecule has 0 spiro atoms. The maximum atomic E-state index is 4.51. The van der Waals surface area contributed by atoms with Gasteiger partial charge in [0.25, 0.3) is 0 Å². The lowest BCUT2D eigenvalue weighted by molar-refractivity contribution is 0.454. The van der Waals surface area contributed by atoms with Gasteiger partial charge in [-0.25, -0.2) is 0 Å². The first-order chi connectivity index (χ1) is 12.0. The molecule has 26 heavy (non-hydrogen) atoms. The van der Waals surface area contributed by atoms with Crippen molar-refractivity contribution in [3.05, 3.63) is 53.9 Å². The molecule has 1 aliphatic rings. The zero-order valence-electron chi connectivity index (χ0n) is 16.1. The maximum Gasteiger partial charge on any atom is 0.193 e. The van der Waals surface area contributed by atoms with Crippen LogP contribution >= 0.6 is 24.0 Å². The molecule has 1 saturated heterocycles. The Bertz CT molecular complexity index is 723. The number of aryl methyl sites for hydroxylation is 1. The number of hydrogen-bond acceptors (Lipinski definition) is 2. The summed E-state index contributed by atoms with van der Waals surface area (Å²) >= 11 is 0. The van der Waals surface area contributed by atoms with Gasteiger partial charge >= 0.3 is 0 Å². The first-order valence-electron chi connectivity index (χ1n) is 8.99. The monoisotopic (exact) mass is 467 g/mol. The number of rotatable bonds is 4. The van der Waals surface area contributed by atoms with E-state index in [1.54, 1.807) is 0 Å². The number of aromatic nitrogens is 2. The van der Waals surface area contributed by atoms with E-state index < -0.39 is 0 Å². The summed E-state index contributed by atoms with van der Waals surface area (Å²) in [7, 11) is 3.84. The molecule has 1 aromatic carbocycles. The summed E-state index contributed by atoms with van der Waals surface area (Å²) in [6.07, 6.45) is 5.26. The molecular formula is C20H30IN5. The zero-order valence-corrected chi connectivity index (χ0v) is 18.5. The van der Waals surface area contributed by atoms with Crippen molar-refractivity contribution in [3.63, 3.8) is 0 Å². The van der Waals surface area contributed by atoms with Crippen LogP contribution in [-0.4, -0.2) is 47.3 Å². The van der Waals surface area contributed by atoms with Crippen LogP contribution in [0.25, 0.3) is 0 Å². The topological polar surface area (TPSA) is 45.5 Å². The maximum absolute atomic E-state index is 4.51. The van der Waals surface area contributed by atoms with Crippen LogP contribution in [0.4, 0.5) is 0 Å². The van der Waals surface area contributed by atoms with Gasteiger partial charge in [-0.05, 0) is 17.5 Å². The molecule has 3 rings (SSSR count). The van der Waals surface area contributed by atoms with Gasteiger partial charge in [0.15, 0.2) is 5.96 Å². The van der Waals surface area contributed by atoms with Crippen LogP contribution in [0.1, 0.15) is 37.3 Å². The Morgan fingerprint density at radius 3 is 2.65 bits per heavy atom. The molecule has 1 aliphatic heterocycles. The fraction of sp³-hybridized carbons (Fsp3) is 0.500. The highest BCUT2D eigenvalue weighted by atomic mass is 127. The van der Waals surface area contributed by atoms with Crippen molar-refractivity contribution >= 4 is 29.9 Å². The average molecular weight is 467 g/mol. The zero-order chi connectivity index (χ0) is 17.9. The molecule has 1 unspecified atom stereocenters. The van der Waals surface area contributed by atoms with Crippen LogP contribution in [0.2, 0.25) is 0 Å². The van der Waals surface area contributed by atoms with Crippen molar-refractivity contribution in [2.24, 2.45) is 12.0 Å². The molecule has 0 aliphatic carbocycles. The minimum atomic E-state index is 0. The van der Waals surface area contributed by atoms with E-state index in [4.69, 9.17) is 0 Å². The van der Waals surface area contributed by atoms with E-state index in [0.717, 1.165) is 32.0 Å². The van der Waals surface area contributed by atoms with E-state index >= 15 is 0 Å². The first-order valence-corrected chi connectivity index (χ1v) is 8.99. The summed E-state index contributed by atoms with van der Waals surface area (Å²) in [4.78, 5) is 6.87. The van der Waals surface area contributed by atoms with E-state index in [1.165, 1.54) is 11.1 Å². The lowest BCUT2D eigenvalue weighted by Gasteiger charge is -2.29. The molecule has 142 valence electrons. The molecule has 1 N–H and O–H groups in total. The van der Waals surface area contributed by atoms with Crippen molar-refractivity contribution in [2.45, 2.75) is 31.6 Å². The highest BCUT2D eigenvalue weighted by Crippen LogP contribution is 2.27. The highest BCUT2D eigenvalue weighted by Gasteiger charge is 2.28.